The molecule has 1 aromatic rings. The Hall–Kier alpha value is -1.39. The van der Waals surface area contributed by atoms with Crippen molar-refractivity contribution in [2.24, 2.45) is 17.6 Å². The van der Waals surface area contributed by atoms with Crippen LogP contribution in [0.4, 0.5) is 5.69 Å². The normalized spacial score (nSPS) is 26.6. The van der Waals surface area contributed by atoms with Gasteiger partial charge in [-0.25, -0.2) is 0 Å². The van der Waals surface area contributed by atoms with E-state index in [1.54, 1.807) is 0 Å². The summed E-state index contributed by atoms with van der Waals surface area (Å²) in [6.07, 6.45) is 4.05. The van der Waals surface area contributed by atoms with Crippen molar-refractivity contribution < 1.29 is 4.79 Å². The Morgan fingerprint density at radius 3 is 2.76 bits per heavy atom. The molecule has 21 heavy (non-hydrogen) atoms. The van der Waals surface area contributed by atoms with Crippen LogP contribution in [0.1, 0.15) is 31.7 Å². The maximum atomic E-state index is 12.4. The minimum absolute atomic E-state index is 0.0582. The topological polar surface area (TPSA) is 58.4 Å². The molecule has 4 heteroatoms. The average Bonchev–Trinajstić information content (AvgIpc) is 3.07. The van der Waals surface area contributed by atoms with Crippen LogP contribution in [0.2, 0.25) is 0 Å². The van der Waals surface area contributed by atoms with Gasteiger partial charge in [0.2, 0.25) is 5.91 Å². The molecule has 2 fully saturated rings. The van der Waals surface area contributed by atoms with E-state index in [0.717, 1.165) is 36.2 Å². The Kier molecular flexibility index (Phi) is 4.27. The van der Waals surface area contributed by atoms with Gasteiger partial charge >= 0.3 is 0 Å². The second-order valence-electron chi connectivity index (χ2n) is 6.47. The van der Waals surface area contributed by atoms with Crippen molar-refractivity contribution in [2.45, 2.75) is 38.8 Å². The summed E-state index contributed by atoms with van der Waals surface area (Å²) in [4.78, 5) is 14.8. The van der Waals surface area contributed by atoms with E-state index in [-0.39, 0.29) is 11.9 Å². The van der Waals surface area contributed by atoms with Gasteiger partial charge in [0.15, 0.2) is 0 Å². The molecule has 3 unspecified atom stereocenters. The van der Waals surface area contributed by atoms with E-state index >= 15 is 0 Å². The molecule has 3 rings (SSSR count). The number of likely N-dealkylation sites (tertiary alicyclic amines) is 1. The molecule has 0 aromatic heterocycles. The van der Waals surface area contributed by atoms with Crippen molar-refractivity contribution >= 4 is 11.6 Å². The summed E-state index contributed by atoms with van der Waals surface area (Å²) < 4.78 is 0. The molecule has 114 valence electrons. The Morgan fingerprint density at radius 2 is 2.10 bits per heavy atom. The van der Waals surface area contributed by atoms with E-state index < -0.39 is 0 Å². The third-order valence-electron chi connectivity index (χ3n) is 5.11. The van der Waals surface area contributed by atoms with Crippen LogP contribution in [0.3, 0.4) is 0 Å². The van der Waals surface area contributed by atoms with Crippen molar-refractivity contribution in [3.63, 3.8) is 0 Å². The van der Waals surface area contributed by atoms with E-state index in [0.29, 0.717) is 6.54 Å². The van der Waals surface area contributed by atoms with Gasteiger partial charge in [-0.2, -0.15) is 0 Å². The van der Waals surface area contributed by atoms with Crippen LogP contribution in [-0.2, 0) is 11.3 Å². The van der Waals surface area contributed by atoms with Gasteiger partial charge in [-0.15, -0.1) is 0 Å². The van der Waals surface area contributed by atoms with Gasteiger partial charge in [0.25, 0.3) is 0 Å². The number of nitrogens with two attached hydrogens (primary N) is 1. The fourth-order valence-electron chi connectivity index (χ4n) is 3.78. The van der Waals surface area contributed by atoms with Crippen LogP contribution in [-0.4, -0.2) is 29.9 Å². The van der Waals surface area contributed by atoms with Crippen molar-refractivity contribution in [2.75, 3.05) is 18.4 Å². The van der Waals surface area contributed by atoms with E-state index in [2.05, 4.69) is 10.2 Å². The van der Waals surface area contributed by atoms with Crippen LogP contribution in [0.5, 0.6) is 0 Å². The predicted molar refractivity (Wildman–Crippen MR) is 84.8 cm³/mol. The predicted octanol–water partition coefficient (Wildman–Crippen LogP) is 2.20. The summed E-state index contributed by atoms with van der Waals surface area (Å²) in [5.41, 5.74) is 7.52. The second kappa shape index (κ2) is 6.16. The molecule has 3 atom stereocenters. The summed E-state index contributed by atoms with van der Waals surface area (Å²) in [5, 5.41) is 3.02. The highest BCUT2D eigenvalue weighted by molar-refractivity contribution is 5.94. The third-order valence-corrected chi connectivity index (χ3v) is 5.11. The lowest BCUT2D eigenvalue weighted by atomic mass is 10.0. The Balaban J connectivity index is 1.59. The number of amides is 1. The number of fused-ring (bicyclic) bond motifs is 1. The molecule has 0 spiro atoms. The number of rotatable bonds is 4. The van der Waals surface area contributed by atoms with Crippen molar-refractivity contribution in [1.29, 1.82) is 0 Å². The standard InChI is InChI=1S/C17H25N3O/c1-12(20-10-14-5-3-6-15(14)11-20)17(21)19-16-7-2-4-13(8-16)9-18/h2,4,7-8,12,14-15H,3,5-6,9-11,18H2,1H3,(H,19,21). The highest BCUT2D eigenvalue weighted by atomic mass is 16.2. The maximum Gasteiger partial charge on any atom is 0.241 e. The molecular formula is C17H25N3O. The van der Waals surface area contributed by atoms with Gasteiger partial charge in [0.05, 0.1) is 6.04 Å². The van der Waals surface area contributed by atoms with Gasteiger partial charge in [0, 0.05) is 25.3 Å². The molecule has 1 amide bonds. The van der Waals surface area contributed by atoms with Crippen LogP contribution in [0.15, 0.2) is 24.3 Å². The Bertz CT molecular complexity index is 505. The van der Waals surface area contributed by atoms with Gasteiger partial charge in [-0.1, -0.05) is 18.6 Å². The van der Waals surface area contributed by atoms with Gasteiger partial charge in [0.1, 0.15) is 0 Å². The van der Waals surface area contributed by atoms with Gasteiger partial charge < -0.3 is 11.1 Å². The lowest BCUT2D eigenvalue weighted by molar-refractivity contribution is -0.120. The first-order valence-corrected chi connectivity index (χ1v) is 8.01. The van der Waals surface area contributed by atoms with E-state index in [1.807, 2.05) is 31.2 Å². The summed E-state index contributed by atoms with van der Waals surface area (Å²) >= 11 is 0. The Morgan fingerprint density at radius 1 is 1.38 bits per heavy atom. The first-order chi connectivity index (χ1) is 10.2. The van der Waals surface area contributed by atoms with Crippen LogP contribution < -0.4 is 11.1 Å². The lowest BCUT2D eigenvalue weighted by Crippen LogP contribution is -2.41. The molecule has 1 saturated heterocycles. The zero-order chi connectivity index (χ0) is 14.8. The quantitative estimate of drug-likeness (QED) is 0.892. The third kappa shape index (κ3) is 3.11. The molecule has 3 N–H and O–H groups in total. The molecule has 1 aromatic carbocycles. The molecule has 1 aliphatic heterocycles. The molecule has 1 heterocycles. The van der Waals surface area contributed by atoms with E-state index in [4.69, 9.17) is 5.73 Å². The number of hydrogen-bond donors (Lipinski definition) is 2. The van der Waals surface area contributed by atoms with Crippen molar-refractivity contribution in [3.05, 3.63) is 29.8 Å². The fraction of sp³-hybridized carbons (Fsp3) is 0.588. The number of anilines is 1. The second-order valence-corrected chi connectivity index (χ2v) is 6.47. The van der Waals surface area contributed by atoms with Crippen LogP contribution >= 0.6 is 0 Å². The number of hydrogen-bond acceptors (Lipinski definition) is 3. The highest BCUT2D eigenvalue weighted by Crippen LogP contribution is 2.38. The fourth-order valence-corrected chi connectivity index (χ4v) is 3.78. The van der Waals surface area contributed by atoms with Crippen LogP contribution in [0.25, 0.3) is 0 Å². The summed E-state index contributed by atoms with van der Waals surface area (Å²) in [5.74, 6) is 1.73. The van der Waals surface area contributed by atoms with Crippen LogP contribution in [0, 0.1) is 11.8 Å². The number of benzene rings is 1. The molecule has 0 radical (unpaired) electrons. The zero-order valence-corrected chi connectivity index (χ0v) is 12.7. The largest absolute Gasteiger partial charge is 0.326 e. The molecule has 2 aliphatic rings. The monoisotopic (exact) mass is 287 g/mol. The first-order valence-electron chi connectivity index (χ1n) is 8.01. The molecular weight excluding hydrogens is 262 g/mol. The van der Waals surface area contributed by atoms with E-state index in [1.165, 1.54) is 19.3 Å². The molecule has 0 bridgehead atoms. The Labute approximate surface area is 126 Å². The summed E-state index contributed by atoms with van der Waals surface area (Å²) in [7, 11) is 0. The number of nitrogens with zero attached hydrogens (tertiary/aromatic N) is 1. The van der Waals surface area contributed by atoms with Crippen molar-refractivity contribution in [3.8, 4) is 0 Å². The van der Waals surface area contributed by atoms with Gasteiger partial charge in [-0.05, 0) is 49.3 Å². The van der Waals surface area contributed by atoms with Crippen molar-refractivity contribution in [1.82, 2.24) is 4.90 Å². The maximum absolute atomic E-state index is 12.4. The van der Waals surface area contributed by atoms with Gasteiger partial charge in [-0.3, -0.25) is 9.69 Å². The zero-order valence-electron chi connectivity index (χ0n) is 12.7. The smallest absolute Gasteiger partial charge is 0.241 e. The minimum atomic E-state index is -0.0582. The highest BCUT2D eigenvalue weighted by Gasteiger charge is 2.39. The van der Waals surface area contributed by atoms with E-state index in [9.17, 15) is 4.79 Å². The first kappa shape index (κ1) is 14.5. The lowest BCUT2D eigenvalue weighted by Gasteiger charge is -2.24. The molecule has 1 saturated carbocycles. The average molecular weight is 287 g/mol. The minimum Gasteiger partial charge on any atom is -0.326 e. The number of nitrogens with one attached hydrogen (secondary N) is 1. The summed E-state index contributed by atoms with van der Waals surface area (Å²) in [6.45, 7) is 4.68. The number of carbonyl (C=O) groups excluding carboxylic acids is 1. The molecule has 4 nitrogen and oxygen atoms in total. The SMILES string of the molecule is CC(C(=O)Nc1cccc(CN)c1)N1CC2CCCC2C1. The summed E-state index contributed by atoms with van der Waals surface area (Å²) in [6, 6.07) is 7.71. The molecule has 1 aliphatic carbocycles. The number of carbonyl (C=O) groups is 1.